The van der Waals surface area contributed by atoms with E-state index < -0.39 is 0 Å². The van der Waals surface area contributed by atoms with Gasteiger partial charge >= 0.3 is 5.97 Å². The summed E-state index contributed by atoms with van der Waals surface area (Å²) in [5, 5.41) is 2.84. The fourth-order valence-corrected chi connectivity index (χ4v) is 4.63. The average Bonchev–Trinajstić information content (AvgIpc) is 3.30. The number of Topliss-reactive ketones (excluding diaryl/α,β-unsaturated/α-hetero) is 1. The smallest absolute Gasteiger partial charge is 0.306 e. The molecular weight excluding hydrogens is 354 g/mol. The Hall–Kier alpha value is -2.17. The summed E-state index contributed by atoms with van der Waals surface area (Å²) in [4.78, 5) is 36.2. The fourth-order valence-electron chi connectivity index (χ4n) is 4.63. The third-order valence-electron chi connectivity index (χ3n) is 6.18. The minimum absolute atomic E-state index is 0.0120. The van der Waals surface area contributed by atoms with Crippen LogP contribution in [0.5, 0.6) is 0 Å². The number of esters is 1. The Morgan fingerprint density at radius 2 is 1.86 bits per heavy atom. The molecule has 1 aromatic rings. The number of unbranched alkanes of at least 4 members (excludes halogenated alkanes) is 2. The van der Waals surface area contributed by atoms with Gasteiger partial charge in [0.05, 0.1) is 0 Å². The number of anilines is 1. The molecule has 0 aliphatic heterocycles. The standard InChI is InChI=1S/C23H31NO4/c1-2-3-4-5-22(26)24-20-10-8-17(9-11-20)21(25)15-28-23(27)14-19-13-16-6-7-18(19)12-16/h8-11,16,18-19H,2-7,12-15H2,1H3,(H,24,26)/t16-,18-,19-/m1/s1. The lowest BCUT2D eigenvalue weighted by Gasteiger charge is -2.20. The Balaban J connectivity index is 1.39. The number of nitrogens with one attached hydrogen (secondary N) is 1. The lowest BCUT2D eigenvalue weighted by atomic mass is 9.86. The molecular formula is C23H31NO4. The molecule has 0 radical (unpaired) electrons. The predicted molar refractivity (Wildman–Crippen MR) is 108 cm³/mol. The summed E-state index contributed by atoms with van der Waals surface area (Å²) in [6.07, 6.45) is 8.90. The lowest BCUT2D eigenvalue weighted by molar-refractivity contribution is -0.144. The van der Waals surface area contributed by atoms with Gasteiger partial charge in [0, 0.05) is 24.1 Å². The molecule has 1 N–H and O–H groups in total. The first-order chi connectivity index (χ1) is 13.5. The highest BCUT2D eigenvalue weighted by molar-refractivity contribution is 5.98. The molecule has 2 fully saturated rings. The summed E-state index contributed by atoms with van der Waals surface area (Å²) < 4.78 is 5.22. The number of amides is 1. The molecule has 0 aromatic heterocycles. The Morgan fingerprint density at radius 1 is 1.07 bits per heavy atom. The van der Waals surface area contributed by atoms with E-state index in [4.69, 9.17) is 4.74 Å². The molecule has 2 bridgehead atoms. The van der Waals surface area contributed by atoms with Gasteiger partial charge in [-0.1, -0.05) is 26.2 Å². The molecule has 2 aliphatic rings. The molecule has 0 spiro atoms. The van der Waals surface area contributed by atoms with Crippen LogP contribution < -0.4 is 5.32 Å². The minimum atomic E-state index is -0.262. The van der Waals surface area contributed by atoms with Crippen LogP contribution in [0.2, 0.25) is 0 Å². The van der Waals surface area contributed by atoms with Gasteiger partial charge in [-0.25, -0.2) is 0 Å². The van der Waals surface area contributed by atoms with E-state index in [1.807, 2.05) is 0 Å². The summed E-state index contributed by atoms with van der Waals surface area (Å²) in [6.45, 7) is 1.88. The van der Waals surface area contributed by atoms with Crippen LogP contribution in [0.25, 0.3) is 0 Å². The number of fused-ring (bicyclic) bond motifs is 2. The first kappa shape index (κ1) is 20.6. The number of rotatable bonds is 10. The maximum atomic E-state index is 12.3. The molecule has 0 saturated heterocycles. The van der Waals surface area contributed by atoms with E-state index in [1.165, 1.54) is 19.3 Å². The molecule has 5 nitrogen and oxygen atoms in total. The Bertz CT molecular complexity index is 697. The highest BCUT2D eigenvalue weighted by Gasteiger charge is 2.40. The molecule has 28 heavy (non-hydrogen) atoms. The van der Waals surface area contributed by atoms with Crippen molar-refractivity contribution in [3.63, 3.8) is 0 Å². The molecule has 1 amide bonds. The first-order valence-corrected chi connectivity index (χ1v) is 10.6. The number of ketones is 1. The van der Waals surface area contributed by atoms with Crippen LogP contribution in [-0.4, -0.2) is 24.3 Å². The second-order valence-corrected chi connectivity index (χ2v) is 8.31. The maximum Gasteiger partial charge on any atom is 0.306 e. The summed E-state index contributed by atoms with van der Waals surface area (Å²) in [7, 11) is 0. The van der Waals surface area contributed by atoms with Gasteiger partial charge in [0.2, 0.25) is 5.91 Å². The Labute approximate surface area is 167 Å². The molecule has 0 unspecified atom stereocenters. The van der Waals surface area contributed by atoms with Gasteiger partial charge in [0.25, 0.3) is 0 Å². The number of ether oxygens (including phenoxy) is 1. The van der Waals surface area contributed by atoms with Crippen molar-refractivity contribution in [3.8, 4) is 0 Å². The molecule has 2 saturated carbocycles. The van der Waals surface area contributed by atoms with Gasteiger partial charge < -0.3 is 10.1 Å². The van der Waals surface area contributed by atoms with Crippen molar-refractivity contribution in [2.75, 3.05) is 11.9 Å². The normalized spacial score (nSPS) is 22.8. The van der Waals surface area contributed by atoms with E-state index in [9.17, 15) is 14.4 Å². The van der Waals surface area contributed by atoms with Crippen molar-refractivity contribution in [3.05, 3.63) is 29.8 Å². The van der Waals surface area contributed by atoms with E-state index in [0.717, 1.165) is 31.6 Å². The van der Waals surface area contributed by atoms with Crippen LogP contribution in [0.15, 0.2) is 24.3 Å². The average molecular weight is 386 g/mol. The largest absolute Gasteiger partial charge is 0.457 e. The van der Waals surface area contributed by atoms with Crippen LogP contribution in [0.1, 0.15) is 75.1 Å². The van der Waals surface area contributed by atoms with Gasteiger partial charge in [-0.3, -0.25) is 14.4 Å². The van der Waals surface area contributed by atoms with Crippen molar-refractivity contribution >= 4 is 23.3 Å². The molecule has 3 rings (SSSR count). The monoisotopic (exact) mass is 385 g/mol. The van der Waals surface area contributed by atoms with Crippen LogP contribution in [0.4, 0.5) is 5.69 Å². The van der Waals surface area contributed by atoms with Crippen molar-refractivity contribution in [2.45, 2.75) is 64.7 Å². The SMILES string of the molecule is CCCCCC(=O)Nc1ccc(C(=O)COC(=O)C[C@H]2C[C@@H]3CC[C@@H]2C3)cc1. The number of benzene rings is 1. The molecule has 0 heterocycles. The summed E-state index contributed by atoms with van der Waals surface area (Å²) >= 11 is 0. The topological polar surface area (TPSA) is 72.5 Å². The quantitative estimate of drug-likeness (QED) is 0.358. The number of carbonyl (C=O) groups is 3. The maximum absolute atomic E-state index is 12.3. The van der Waals surface area contributed by atoms with Crippen molar-refractivity contribution in [1.29, 1.82) is 0 Å². The van der Waals surface area contributed by atoms with E-state index in [2.05, 4.69) is 12.2 Å². The van der Waals surface area contributed by atoms with E-state index in [0.29, 0.717) is 35.9 Å². The van der Waals surface area contributed by atoms with Gasteiger partial charge in [0.15, 0.2) is 12.4 Å². The Kier molecular flexibility index (Phi) is 7.24. The molecule has 5 heteroatoms. The second-order valence-electron chi connectivity index (χ2n) is 8.31. The Morgan fingerprint density at radius 3 is 2.50 bits per heavy atom. The molecule has 2 aliphatic carbocycles. The first-order valence-electron chi connectivity index (χ1n) is 10.6. The predicted octanol–water partition coefficient (Wildman–Crippen LogP) is 4.76. The summed E-state index contributed by atoms with van der Waals surface area (Å²) in [5.41, 5.74) is 1.16. The highest BCUT2D eigenvalue weighted by Crippen LogP contribution is 2.49. The number of hydrogen-bond donors (Lipinski definition) is 1. The zero-order chi connectivity index (χ0) is 19.9. The van der Waals surface area contributed by atoms with Crippen LogP contribution in [0, 0.1) is 17.8 Å². The zero-order valence-electron chi connectivity index (χ0n) is 16.7. The van der Waals surface area contributed by atoms with Crippen LogP contribution >= 0.6 is 0 Å². The van der Waals surface area contributed by atoms with Crippen LogP contribution in [-0.2, 0) is 14.3 Å². The fraction of sp³-hybridized carbons (Fsp3) is 0.609. The van der Waals surface area contributed by atoms with E-state index >= 15 is 0 Å². The van der Waals surface area contributed by atoms with Gasteiger partial charge in [-0.05, 0) is 67.7 Å². The van der Waals surface area contributed by atoms with E-state index in [-0.39, 0.29) is 24.3 Å². The molecule has 152 valence electrons. The molecule has 1 aromatic carbocycles. The number of carbonyl (C=O) groups excluding carboxylic acids is 3. The number of hydrogen-bond acceptors (Lipinski definition) is 4. The minimum Gasteiger partial charge on any atom is -0.457 e. The van der Waals surface area contributed by atoms with Crippen molar-refractivity contribution < 1.29 is 19.1 Å². The summed E-state index contributed by atoms with van der Waals surface area (Å²) in [5.74, 6) is 1.43. The van der Waals surface area contributed by atoms with Gasteiger partial charge in [0.1, 0.15) is 0 Å². The van der Waals surface area contributed by atoms with Crippen molar-refractivity contribution in [2.24, 2.45) is 17.8 Å². The molecule has 3 atom stereocenters. The zero-order valence-corrected chi connectivity index (χ0v) is 16.7. The van der Waals surface area contributed by atoms with E-state index in [1.54, 1.807) is 24.3 Å². The van der Waals surface area contributed by atoms with Gasteiger partial charge in [-0.2, -0.15) is 0 Å². The third kappa shape index (κ3) is 5.66. The van der Waals surface area contributed by atoms with Crippen LogP contribution in [0.3, 0.4) is 0 Å². The highest BCUT2D eigenvalue weighted by atomic mass is 16.5. The lowest BCUT2D eigenvalue weighted by Crippen LogP contribution is -2.19. The summed E-state index contributed by atoms with van der Waals surface area (Å²) in [6, 6.07) is 6.74. The van der Waals surface area contributed by atoms with Crippen molar-refractivity contribution in [1.82, 2.24) is 0 Å². The van der Waals surface area contributed by atoms with Gasteiger partial charge in [-0.15, -0.1) is 0 Å². The second kappa shape index (κ2) is 9.85. The third-order valence-corrected chi connectivity index (χ3v) is 6.18.